The van der Waals surface area contributed by atoms with E-state index in [1.54, 1.807) is 0 Å². The molecule has 0 aliphatic heterocycles. The number of halogens is 1. The van der Waals surface area contributed by atoms with Gasteiger partial charge in [0, 0.05) is 10.6 Å². The molecule has 2 aromatic carbocycles. The van der Waals surface area contributed by atoms with Crippen molar-refractivity contribution in [1.82, 2.24) is 0 Å². The Bertz CT molecular complexity index is 480. The van der Waals surface area contributed by atoms with Crippen molar-refractivity contribution in [2.75, 3.05) is 0 Å². The van der Waals surface area contributed by atoms with Gasteiger partial charge in [-0.25, -0.2) is 0 Å². The van der Waals surface area contributed by atoms with Crippen molar-refractivity contribution in [3.63, 3.8) is 0 Å². The van der Waals surface area contributed by atoms with Gasteiger partial charge in [-0.1, -0.05) is 54.9 Å². The van der Waals surface area contributed by atoms with Crippen LogP contribution >= 0.6 is 11.6 Å². The molecule has 0 atom stereocenters. The van der Waals surface area contributed by atoms with Crippen LogP contribution in [0.1, 0.15) is 18.1 Å². The van der Waals surface area contributed by atoms with Gasteiger partial charge in [0.05, 0.1) is 0 Å². The van der Waals surface area contributed by atoms with Crippen molar-refractivity contribution in [2.45, 2.75) is 20.3 Å². The molecule has 0 amide bonds. The van der Waals surface area contributed by atoms with Crippen molar-refractivity contribution in [3.05, 3.63) is 58.6 Å². The van der Waals surface area contributed by atoms with E-state index in [1.165, 1.54) is 22.3 Å². The molecule has 2 aromatic rings. The lowest BCUT2D eigenvalue weighted by Gasteiger charge is -2.12. The van der Waals surface area contributed by atoms with Crippen LogP contribution in [0.2, 0.25) is 5.02 Å². The van der Waals surface area contributed by atoms with Crippen LogP contribution in [0.4, 0.5) is 0 Å². The molecule has 82 valence electrons. The SMILES string of the molecule is CCc1ccccc1-c1c(C)cccc1Cl. The Morgan fingerprint density at radius 1 is 1.00 bits per heavy atom. The van der Waals surface area contributed by atoms with E-state index in [0.29, 0.717) is 0 Å². The molecule has 0 bridgehead atoms. The number of hydrogen-bond donors (Lipinski definition) is 0. The summed E-state index contributed by atoms with van der Waals surface area (Å²) in [5, 5.41) is 0.834. The van der Waals surface area contributed by atoms with Crippen LogP contribution in [-0.4, -0.2) is 0 Å². The van der Waals surface area contributed by atoms with Crippen LogP contribution in [0, 0.1) is 6.92 Å². The van der Waals surface area contributed by atoms with Gasteiger partial charge in [-0.2, -0.15) is 0 Å². The maximum atomic E-state index is 6.29. The van der Waals surface area contributed by atoms with Crippen molar-refractivity contribution in [3.8, 4) is 11.1 Å². The highest BCUT2D eigenvalue weighted by Gasteiger charge is 2.09. The highest BCUT2D eigenvalue weighted by Crippen LogP contribution is 2.33. The second-order valence-electron chi connectivity index (χ2n) is 3.94. The lowest BCUT2D eigenvalue weighted by atomic mass is 9.95. The summed E-state index contributed by atoms with van der Waals surface area (Å²) in [4.78, 5) is 0. The molecule has 0 aliphatic carbocycles. The highest BCUT2D eigenvalue weighted by molar-refractivity contribution is 6.33. The first-order valence-corrected chi connectivity index (χ1v) is 5.95. The third-order valence-corrected chi connectivity index (χ3v) is 3.20. The Balaban J connectivity index is 2.67. The molecule has 0 N–H and O–H groups in total. The largest absolute Gasteiger partial charge is 0.0837 e. The maximum absolute atomic E-state index is 6.29. The van der Waals surface area contributed by atoms with Crippen molar-refractivity contribution in [1.29, 1.82) is 0 Å². The molecule has 1 heteroatoms. The monoisotopic (exact) mass is 230 g/mol. The maximum Gasteiger partial charge on any atom is 0.0487 e. The first-order chi connectivity index (χ1) is 7.74. The first-order valence-electron chi connectivity index (χ1n) is 5.57. The summed E-state index contributed by atoms with van der Waals surface area (Å²) in [5.74, 6) is 0. The molecule has 0 aromatic heterocycles. The van der Waals surface area contributed by atoms with Crippen molar-refractivity contribution in [2.24, 2.45) is 0 Å². The summed E-state index contributed by atoms with van der Waals surface area (Å²) in [6.45, 7) is 4.28. The van der Waals surface area contributed by atoms with Gasteiger partial charge in [-0.15, -0.1) is 0 Å². The molecule has 16 heavy (non-hydrogen) atoms. The Morgan fingerprint density at radius 2 is 1.75 bits per heavy atom. The van der Waals surface area contributed by atoms with Gasteiger partial charge in [0.15, 0.2) is 0 Å². The zero-order valence-corrected chi connectivity index (χ0v) is 10.4. The number of aryl methyl sites for hydroxylation is 2. The predicted molar refractivity (Wildman–Crippen MR) is 71.0 cm³/mol. The molecule has 0 radical (unpaired) electrons. The molecule has 0 saturated heterocycles. The molecular weight excluding hydrogens is 216 g/mol. The predicted octanol–water partition coefficient (Wildman–Crippen LogP) is 4.88. The minimum atomic E-state index is 0.834. The minimum Gasteiger partial charge on any atom is -0.0837 e. The van der Waals surface area contributed by atoms with E-state index in [9.17, 15) is 0 Å². The molecule has 0 unspecified atom stereocenters. The van der Waals surface area contributed by atoms with Gasteiger partial charge in [0.2, 0.25) is 0 Å². The van der Waals surface area contributed by atoms with Gasteiger partial charge in [-0.05, 0) is 36.1 Å². The average molecular weight is 231 g/mol. The molecule has 0 heterocycles. The van der Waals surface area contributed by atoms with E-state index in [0.717, 1.165) is 11.4 Å². The summed E-state index contributed by atoms with van der Waals surface area (Å²) < 4.78 is 0. The quantitative estimate of drug-likeness (QED) is 0.690. The molecule has 0 spiro atoms. The van der Waals surface area contributed by atoms with Crippen LogP contribution < -0.4 is 0 Å². The molecule has 0 fully saturated rings. The first kappa shape index (κ1) is 11.2. The number of hydrogen-bond acceptors (Lipinski definition) is 0. The lowest BCUT2D eigenvalue weighted by Crippen LogP contribution is -1.90. The van der Waals surface area contributed by atoms with Gasteiger partial charge >= 0.3 is 0 Å². The fraction of sp³-hybridized carbons (Fsp3) is 0.200. The Morgan fingerprint density at radius 3 is 2.44 bits per heavy atom. The third kappa shape index (κ3) is 1.98. The lowest BCUT2D eigenvalue weighted by molar-refractivity contribution is 1.14. The summed E-state index contributed by atoms with van der Waals surface area (Å²) >= 11 is 6.29. The highest BCUT2D eigenvalue weighted by atomic mass is 35.5. The van der Waals surface area contributed by atoms with Crippen LogP contribution in [0.15, 0.2) is 42.5 Å². The van der Waals surface area contributed by atoms with Crippen LogP contribution in [0.25, 0.3) is 11.1 Å². The normalized spacial score (nSPS) is 10.4. The van der Waals surface area contributed by atoms with E-state index < -0.39 is 0 Å². The van der Waals surface area contributed by atoms with E-state index in [-0.39, 0.29) is 0 Å². The van der Waals surface area contributed by atoms with E-state index >= 15 is 0 Å². The van der Waals surface area contributed by atoms with Crippen molar-refractivity contribution >= 4 is 11.6 Å². The van der Waals surface area contributed by atoms with Crippen LogP contribution in [0.5, 0.6) is 0 Å². The summed E-state index contributed by atoms with van der Waals surface area (Å²) in [6, 6.07) is 14.5. The van der Waals surface area contributed by atoms with E-state index in [2.05, 4.69) is 44.2 Å². The number of rotatable bonds is 2. The average Bonchev–Trinajstić information content (AvgIpc) is 2.29. The van der Waals surface area contributed by atoms with Gasteiger partial charge < -0.3 is 0 Å². The minimum absolute atomic E-state index is 0.834. The topological polar surface area (TPSA) is 0 Å². The van der Waals surface area contributed by atoms with Gasteiger partial charge in [0.25, 0.3) is 0 Å². The van der Waals surface area contributed by atoms with Crippen molar-refractivity contribution < 1.29 is 0 Å². The molecule has 2 rings (SSSR count). The van der Waals surface area contributed by atoms with E-state index in [1.807, 2.05) is 12.1 Å². The zero-order valence-electron chi connectivity index (χ0n) is 9.63. The summed E-state index contributed by atoms with van der Waals surface area (Å²) in [5.41, 5.74) is 5.00. The Labute approximate surface area is 102 Å². The van der Waals surface area contributed by atoms with Crippen LogP contribution in [0.3, 0.4) is 0 Å². The fourth-order valence-electron chi connectivity index (χ4n) is 2.05. The molecule has 0 saturated carbocycles. The van der Waals surface area contributed by atoms with Gasteiger partial charge in [0.1, 0.15) is 0 Å². The zero-order chi connectivity index (χ0) is 11.5. The smallest absolute Gasteiger partial charge is 0.0487 e. The molecular formula is C15H15Cl. The fourth-order valence-corrected chi connectivity index (χ4v) is 2.37. The second kappa shape index (κ2) is 4.71. The third-order valence-electron chi connectivity index (χ3n) is 2.89. The van der Waals surface area contributed by atoms with Crippen LogP contribution in [-0.2, 0) is 6.42 Å². The number of benzene rings is 2. The summed E-state index contributed by atoms with van der Waals surface area (Å²) in [7, 11) is 0. The van der Waals surface area contributed by atoms with E-state index in [4.69, 9.17) is 11.6 Å². The molecule has 0 aliphatic rings. The molecule has 0 nitrogen and oxygen atoms in total. The Kier molecular flexibility index (Phi) is 3.31. The standard InChI is InChI=1S/C15H15Cl/c1-3-12-8-4-5-9-13(12)15-11(2)7-6-10-14(15)16/h4-10H,3H2,1-2H3. The summed E-state index contributed by atoms with van der Waals surface area (Å²) in [6.07, 6.45) is 1.03. The second-order valence-corrected chi connectivity index (χ2v) is 4.35. The van der Waals surface area contributed by atoms with Gasteiger partial charge in [-0.3, -0.25) is 0 Å². The Hall–Kier alpha value is -1.27.